The van der Waals surface area contributed by atoms with Crippen molar-refractivity contribution in [3.8, 4) is 5.75 Å². The largest absolute Gasteiger partial charge is 0.573 e. The zero-order valence-corrected chi connectivity index (χ0v) is 15.0. The van der Waals surface area contributed by atoms with Crippen LogP contribution in [0, 0.1) is 6.92 Å². The van der Waals surface area contributed by atoms with E-state index in [-0.39, 0.29) is 11.4 Å². The van der Waals surface area contributed by atoms with Crippen LogP contribution in [0.5, 0.6) is 5.75 Å². The Morgan fingerprint density at radius 3 is 2.28 bits per heavy atom. The van der Waals surface area contributed by atoms with E-state index in [1.807, 2.05) is 19.1 Å². The number of hydrogen-bond acceptors (Lipinski definition) is 5. The molecule has 10 heteroatoms. The van der Waals surface area contributed by atoms with E-state index in [0.29, 0.717) is 0 Å². The molecule has 1 atom stereocenters. The standard InChI is InChI=1S/C15H16F3NO4S2/c1-10-3-8-14(24-10)13(22-2)9-19-25(20,21)12-6-4-11(5-7-12)23-15(16,17)18/h3-8,13,19H,9H2,1-2H3/t13-/m0/s1. The molecule has 0 fully saturated rings. The summed E-state index contributed by atoms with van der Waals surface area (Å²) in [5, 5.41) is 0. The van der Waals surface area contributed by atoms with E-state index in [4.69, 9.17) is 4.74 Å². The van der Waals surface area contributed by atoms with Gasteiger partial charge in [0.2, 0.25) is 10.0 Å². The molecule has 1 heterocycles. The van der Waals surface area contributed by atoms with Gasteiger partial charge in [0, 0.05) is 23.4 Å². The third kappa shape index (κ3) is 5.70. The predicted octanol–water partition coefficient (Wildman–Crippen LogP) is 3.62. The van der Waals surface area contributed by atoms with Crippen LogP contribution in [0.2, 0.25) is 0 Å². The van der Waals surface area contributed by atoms with Crippen LogP contribution < -0.4 is 9.46 Å². The van der Waals surface area contributed by atoms with Gasteiger partial charge in [0.05, 0.1) is 4.90 Å². The fourth-order valence-electron chi connectivity index (χ4n) is 2.02. The smallest absolute Gasteiger partial charge is 0.406 e. The van der Waals surface area contributed by atoms with E-state index < -0.39 is 28.2 Å². The van der Waals surface area contributed by atoms with Crippen molar-refractivity contribution in [3.63, 3.8) is 0 Å². The normalized spacial score (nSPS) is 13.6. The molecule has 1 aromatic heterocycles. The van der Waals surface area contributed by atoms with Gasteiger partial charge in [-0.2, -0.15) is 0 Å². The van der Waals surface area contributed by atoms with Gasteiger partial charge in [-0.25, -0.2) is 13.1 Å². The lowest BCUT2D eigenvalue weighted by Crippen LogP contribution is -2.29. The maximum absolute atomic E-state index is 12.3. The van der Waals surface area contributed by atoms with Gasteiger partial charge in [0.25, 0.3) is 0 Å². The molecule has 138 valence electrons. The Morgan fingerprint density at radius 1 is 1.16 bits per heavy atom. The number of ether oxygens (including phenoxy) is 2. The van der Waals surface area contributed by atoms with Crippen molar-refractivity contribution >= 4 is 21.4 Å². The number of methoxy groups -OCH3 is 1. The van der Waals surface area contributed by atoms with Crippen molar-refractivity contribution in [2.45, 2.75) is 24.3 Å². The number of aryl methyl sites for hydroxylation is 1. The lowest BCUT2D eigenvalue weighted by molar-refractivity contribution is -0.274. The third-order valence-electron chi connectivity index (χ3n) is 3.19. The molecule has 0 radical (unpaired) electrons. The fourth-order valence-corrected chi connectivity index (χ4v) is 4.00. The quantitative estimate of drug-likeness (QED) is 0.778. The van der Waals surface area contributed by atoms with Crippen molar-refractivity contribution in [1.29, 1.82) is 0 Å². The SMILES string of the molecule is CO[C@@H](CNS(=O)(=O)c1ccc(OC(F)(F)F)cc1)c1ccc(C)s1. The van der Waals surface area contributed by atoms with E-state index in [2.05, 4.69) is 9.46 Å². The molecule has 25 heavy (non-hydrogen) atoms. The highest BCUT2D eigenvalue weighted by molar-refractivity contribution is 7.89. The van der Waals surface area contributed by atoms with Gasteiger partial charge in [-0.1, -0.05) is 0 Å². The molecule has 1 aromatic carbocycles. The van der Waals surface area contributed by atoms with E-state index in [9.17, 15) is 21.6 Å². The van der Waals surface area contributed by atoms with E-state index in [1.54, 1.807) is 0 Å². The number of alkyl halides is 3. The molecule has 0 aliphatic heterocycles. The van der Waals surface area contributed by atoms with Gasteiger partial charge >= 0.3 is 6.36 Å². The highest BCUT2D eigenvalue weighted by Gasteiger charge is 2.31. The number of benzene rings is 1. The number of halogens is 3. The van der Waals surface area contributed by atoms with E-state index in [0.717, 1.165) is 34.0 Å². The van der Waals surface area contributed by atoms with Crippen LogP contribution in [0.3, 0.4) is 0 Å². The zero-order chi connectivity index (χ0) is 18.7. The van der Waals surface area contributed by atoms with Crippen LogP contribution in [0.4, 0.5) is 13.2 Å². The van der Waals surface area contributed by atoms with Gasteiger partial charge in [-0.15, -0.1) is 24.5 Å². The summed E-state index contributed by atoms with van der Waals surface area (Å²) in [5.41, 5.74) is 0. The topological polar surface area (TPSA) is 64.6 Å². The van der Waals surface area contributed by atoms with Gasteiger partial charge in [-0.3, -0.25) is 0 Å². The van der Waals surface area contributed by atoms with E-state index >= 15 is 0 Å². The van der Waals surface area contributed by atoms with Crippen molar-refractivity contribution in [3.05, 3.63) is 46.2 Å². The number of sulfonamides is 1. The van der Waals surface area contributed by atoms with Crippen molar-refractivity contribution in [1.82, 2.24) is 4.72 Å². The molecule has 0 bridgehead atoms. The van der Waals surface area contributed by atoms with Crippen LogP contribution >= 0.6 is 11.3 Å². The molecule has 5 nitrogen and oxygen atoms in total. The fraction of sp³-hybridized carbons (Fsp3) is 0.333. The second-order valence-corrected chi connectivity index (χ2v) is 8.13. The van der Waals surface area contributed by atoms with Gasteiger partial charge in [0.15, 0.2) is 0 Å². The molecule has 2 aromatic rings. The lowest BCUT2D eigenvalue weighted by atomic mass is 10.3. The van der Waals surface area contributed by atoms with Crippen LogP contribution in [0.1, 0.15) is 15.9 Å². The van der Waals surface area contributed by atoms with Gasteiger partial charge in [0.1, 0.15) is 11.9 Å². The van der Waals surface area contributed by atoms with Crippen molar-refractivity contribution in [2.24, 2.45) is 0 Å². The molecule has 0 unspecified atom stereocenters. The second-order valence-electron chi connectivity index (χ2n) is 5.04. The Kier molecular flexibility index (Phi) is 6.09. The third-order valence-corrected chi connectivity index (χ3v) is 5.72. The van der Waals surface area contributed by atoms with Crippen molar-refractivity contribution in [2.75, 3.05) is 13.7 Å². The lowest BCUT2D eigenvalue weighted by Gasteiger charge is -2.15. The molecule has 0 amide bonds. The molecule has 0 aliphatic rings. The Hall–Kier alpha value is -1.62. The summed E-state index contributed by atoms with van der Waals surface area (Å²) < 4.78 is 72.3. The monoisotopic (exact) mass is 395 g/mol. The van der Waals surface area contributed by atoms with Crippen LogP contribution in [-0.4, -0.2) is 28.4 Å². The summed E-state index contributed by atoms with van der Waals surface area (Å²) in [6, 6.07) is 7.73. The molecule has 0 spiro atoms. The summed E-state index contributed by atoms with van der Waals surface area (Å²) in [5.74, 6) is -0.490. The number of thiophene rings is 1. The minimum Gasteiger partial charge on any atom is -0.406 e. The average molecular weight is 395 g/mol. The maximum atomic E-state index is 12.3. The van der Waals surface area contributed by atoms with Crippen LogP contribution in [0.25, 0.3) is 0 Å². The molecule has 2 rings (SSSR count). The summed E-state index contributed by atoms with van der Waals surface area (Å²) >= 11 is 1.49. The van der Waals surface area contributed by atoms with Gasteiger partial charge < -0.3 is 9.47 Å². The Labute approximate surface area is 147 Å². The first kappa shape index (κ1) is 19.7. The summed E-state index contributed by atoms with van der Waals surface area (Å²) in [6.07, 6.45) is -5.29. The summed E-state index contributed by atoms with van der Waals surface area (Å²) in [6.45, 7) is 1.93. The van der Waals surface area contributed by atoms with Gasteiger partial charge in [-0.05, 0) is 43.3 Å². The second kappa shape index (κ2) is 7.73. The Balaban J connectivity index is 2.05. The molecule has 1 N–H and O–H groups in total. The maximum Gasteiger partial charge on any atom is 0.573 e. The van der Waals surface area contributed by atoms with E-state index in [1.165, 1.54) is 18.4 Å². The minimum absolute atomic E-state index is 0.000408. The number of rotatable bonds is 7. The highest BCUT2D eigenvalue weighted by Crippen LogP contribution is 2.26. The molecular formula is C15H16F3NO4S2. The first-order valence-electron chi connectivity index (χ1n) is 7.05. The molecule has 0 saturated heterocycles. The summed E-state index contributed by atoms with van der Waals surface area (Å²) in [4.78, 5) is 1.77. The summed E-state index contributed by atoms with van der Waals surface area (Å²) in [7, 11) is -2.42. The first-order chi connectivity index (χ1) is 11.6. The Bertz CT molecular complexity index is 801. The number of nitrogens with one attached hydrogen (secondary N) is 1. The van der Waals surface area contributed by atoms with Crippen LogP contribution in [0.15, 0.2) is 41.3 Å². The predicted molar refractivity (Wildman–Crippen MR) is 87.1 cm³/mol. The van der Waals surface area contributed by atoms with Crippen molar-refractivity contribution < 1.29 is 31.1 Å². The Morgan fingerprint density at radius 2 is 1.80 bits per heavy atom. The zero-order valence-electron chi connectivity index (χ0n) is 13.3. The first-order valence-corrected chi connectivity index (χ1v) is 9.35. The molecular weight excluding hydrogens is 379 g/mol. The molecule has 0 saturated carbocycles. The van der Waals surface area contributed by atoms with Crippen LogP contribution in [-0.2, 0) is 14.8 Å². The average Bonchev–Trinajstić information content (AvgIpc) is 2.93. The number of hydrogen-bond donors (Lipinski definition) is 1. The molecule has 0 aliphatic carbocycles. The highest BCUT2D eigenvalue weighted by atomic mass is 32.2. The minimum atomic E-state index is -4.83.